The molecule has 1 amide bonds. The van der Waals surface area contributed by atoms with Crippen LogP contribution in [0.15, 0.2) is 42.0 Å². The fourth-order valence-electron chi connectivity index (χ4n) is 1.95. The third-order valence-corrected chi connectivity index (χ3v) is 4.07. The monoisotopic (exact) mass is 332 g/mol. The van der Waals surface area contributed by atoms with Crippen molar-refractivity contribution in [3.8, 4) is 0 Å². The Morgan fingerprint density at radius 2 is 2.14 bits per heavy atom. The Labute approximate surface area is 136 Å². The van der Waals surface area contributed by atoms with Crippen LogP contribution in [0.5, 0.6) is 0 Å². The van der Waals surface area contributed by atoms with Crippen molar-refractivity contribution in [2.45, 2.75) is 13.5 Å². The maximum atomic E-state index is 12.1. The third kappa shape index (κ3) is 3.52. The summed E-state index contributed by atoms with van der Waals surface area (Å²) < 4.78 is 1.75. The SMILES string of the molecule is Cc1csc(NC(=O)c2ccc(Cn3cc(Cl)cn3)cc2)n1. The Kier molecular flexibility index (Phi) is 4.22. The fourth-order valence-corrected chi connectivity index (χ4v) is 2.79. The van der Waals surface area contributed by atoms with Crippen molar-refractivity contribution in [1.29, 1.82) is 0 Å². The molecule has 0 saturated heterocycles. The summed E-state index contributed by atoms with van der Waals surface area (Å²) in [7, 11) is 0. The first kappa shape index (κ1) is 14.7. The maximum absolute atomic E-state index is 12.1. The van der Waals surface area contributed by atoms with Crippen molar-refractivity contribution in [3.63, 3.8) is 0 Å². The van der Waals surface area contributed by atoms with Gasteiger partial charge in [0.25, 0.3) is 5.91 Å². The number of hydrogen-bond acceptors (Lipinski definition) is 4. The van der Waals surface area contributed by atoms with Gasteiger partial charge in [0, 0.05) is 17.1 Å². The number of rotatable bonds is 4. The highest BCUT2D eigenvalue weighted by Gasteiger charge is 2.08. The van der Waals surface area contributed by atoms with Crippen molar-refractivity contribution in [2.24, 2.45) is 0 Å². The quantitative estimate of drug-likeness (QED) is 0.794. The molecule has 22 heavy (non-hydrogen) atoms. The number of aryl methyl sites for hydroxylation is 1. The summed E-state index contributed by atoms with van der Waals surface area (Å²) in [6.45, 7) is 2.50. The lowest BCUT2D eigenvalue weighted by molar-refractivity contribution is 0.102. The normalized spacial score (nSPS) is 10.6. The summed E-state index contributed by atoms with van der Waals surface area (Å²) in [5, 5.41) is 10.0. The van der Waals surface area contributed by atoms with Crippen LogP contribution in [0.25, 0.3) is 0 Å². The van der Waals surface area contributed by atoms with E-state index in [9.17, 15) is 4.79 Å². The van der Waals surface area contributed by atoms with Crippen LogP contribution in [0.2, 0.25) is 5.02 Å². The first-order valence-electron chi connectivity index (χ1n) is 6.60. The molecule has 0 atom stereocenters. The van der Waals surface area contributed by atoms with Gasteiger partial charge >= 0.3 is 0 Å². The molecule has 3 aromatic rings. The average molecular weight is 333 g/mol. The summed E-state index contributed by atoms with van der Waals surface area (Å²) >= 11 is 7.24. The Morgan fingerprint density at radius 3 is 2.73 bits per heavy atom. The number of nitrogens with one attached hydrogen (secondary N) is 1. The number of carbonyl (C=O) groups excluding carboxylic acids is 1. The number of amides is 1. The number of benzene rings is 1. The van der Waals surface area contributed by atoms with Gasteiger partial charge in [-0.1, -0.05) is 23.7 Å². The van der Waals surface area contributed by atoms with Gasteiger partial charge in [-0.25, -0.2) is 4.98 Å². The van der Waals surface area contributed by atoms with Crippen LogP contribution in [-0.4, -0.2) is 20.7 Å². The minimum atomic E-state index is -0.164. The summed E-state index contributed by atoms with van der Waals surface area (Å²) in [6.07, 6.45) is 3.35. The molecule has 0 bridgehead atoms. The van der Waals surface area contributed by atoms with E-state index in [0.29, 0.717) is 22.3 Å². The number of halogens is 1. The molecule has 5 nitrogen and oxygen atoms in total. The molecule has 1 aromatic carbocycles. The Bertz CT molecular complexity index is 794. The van der Waals surface area contributed by atoms with Crippen LogP contribution in [0.1, 0.15) is 21.6 Å². The molecule has 2 heterocycles. The van der Waals surface area contributed by atoms with Gasteiger partial charge in [-0.2, -0.15) is 5.10 Å². The zero-order valence-corrected chi connectivity index (χ0v) is 13.4. The van der Waals surface area contributed by atoms with E-state index in [1.165, 1.54) is 11.3 Å². The highest BCUT2D eigenvalue weighted by molar-refractivity contribution is 7.13. The lowest BCUT2D eigenvalue weighted by Crippen LogP contribution is -2.11. The number of nitrogens with zero attached hydrogens (tertiary/aromatic N) is 3. The van der Waals surface area contributed by atoms with Gasteiger partial charge in [-0.15, -0.1) is 11.3 Å². The average Bonchev–Trinajstić information content (AvgIpc) is 3.08. The molecule has 1 N–H and O–H groups in total. The zero-order chi connectivity index (χ0) is 15.5. The first-order valence-corrected chi connectivity index (χ1v) is 7.86. The minimum Gasteiger partial charge on any atom is -0.298 e. The van der Waals surface area contributed by atoms with Crippen molar-refractivity contribution in [1.82, 2.24) is 14.8 Å². The van der Waals surface area contributed by atoms with Gasteiger partial charge in [0.15, 0.2) is 5.13 Å². The summed E-state index contributed by atoms with van der Waals surface area (Å²) in [6, 6.07) is 7.38. The largest absolute Gasteiger partial charge is 0.298 e. The number of hydrogen-bond donors (Lipinski definition) is 1. The van der Waals surface area contributed by atoms with E-state index in [4.69, 9.17) is 11.6 Å². The molecule has 0 aliphatic carbocycles. The predicted molar refractivity (Wildman–Crippen MR) is 87.6 cm³/mol. The molecule has 0 radical (unpaired) electrons. The van der Waals surface area contributed by atoms with Crippen molar-refractivity contribution < 1.29 is 4.79 Å². The lowest BCUT2D eigenvalue weighted by Gasteiger charge is -2.04. The highest BCUT2D eigenvalue weighted by atomic mass is 35.5. The Hall–Kier alpha value is -2.18. The van der Waals surface area contributed by atoms with E-state index in [2.05, 4.69) is 15.4 Å². The maximum Gasteiger partial charge on any atom is 0.257 e. The Morgan fingerprint density at radius 1 is 1.36 bits per heavy atom. The molecular weight excluding hydrogens is 320 g/mol. The number of thiazole rings is 1. The fraction of sp³-hybridized carbons (Fsp3) is 0.133. The van der Waals surface area contributed by atoms with Crippen LogP contribution in [0, 0.1) is 6.92 Å². The van der Waals surface area contributed by atoms with Crippen molar-refractivity contribution in [3.05, 3.63) is 63.9 Å². The molecule has 0 fully saturated rings. The van der Waals surface area contributed by atoms with Gasteiger partial charge in [0.1, 0.15) is 0 Å². The van der Waals surface area contributed by atoms with Crippen LogP contribution >= 0.6 is 22.9 Å². The van der Waals surface area contributed by atoms with Gasteiger partial charge in [-0.05, 0) is 24.6 Å². The second-order valence-electron chi connectivity index (χ2n) is 4.80. The summed E-state index contributed by atoms with van der Waals surface area (Å²) in [5.41, 5.74) is 2.53. The number of aromatic nitrogens is 3. The molecule has 2 aromatic heterocycles. The smallest absolute Gasteiger partial charge is 0.257 e. The highest BCUT2D eigenvalue weighted by Crippen LogP contribution is 2.16. The van der Waals surface area contributed by atoms with Gasteiger partial charge in [0.05, 0.1) is 23.5 Å². The summed E-state index contributed by atoms with van der Waals surface area (Å²) in [4.78, 5) is 16.3. The van der Waals surface area contributed by atoms with Crippen molar-refractivity contribution in [2.75, 3.05) is 5.32 Å². The van der Waals surface area contributed by atoms with Crippen LogP contribution < -0.4 is 5.32 Å². The molecule has 7 heteroatoms. The van der Waals surface area contributed by atoms with Crippen LogP contribution in [0.3, 0.4) is 0 Å². The van der Waals surface area contributed by atoms with E-state index in [1.807, 2.05) is 24.4 Å². The van der Waals surface area contributed by atoms with Crippen molar-refractivity contribution >= 4 is 34.0 Å². The van der Waals surface area contributed by atoms with Crippen LogP contribution in [-0.2, 0) is 6.54 Å². The molecule has 0 aliphatic heterocycles. The van der Waals surface area contributed by atoms with E-state index in [-0.39, 0.29) is 5.91 Å². The standard InChI is InChI=1S/C15H13ClN4OS/c1-10-9-22-15(18-10)19-14(21)12-4-2-11(3-5-12)7-20-8-13(16)6-17-20/h2-6,8-9H,7H2,1H3,(H,18,19,21). The van der Waals surface area contributed by atoms with Crippen LogP contribution in [0.4, 0.5) is 5.13 Å². The van der Waals surface area contributed by atoms with E-state index >= 15 is 0 Å². The lowest BCUT2D eigenvalue weighted by atomic mass is 10.1. The molecule has 0 unspecified atom stereocenters. The van der Waals surface area contributed by atoms with Gasteiger partial charge in [0.2, 0.25) is 0 Å². The predicted octanol–water partition coefficient (Wildman–Crippen LogP) is 3.60. The zero-order valence-electron chi connectivity index (χ0n) is 11.8. The van der Waals surface area contributed by atoms with E-state index < -0.39 is 0 Å². The van der Waals surface area contributed by atoms with Gasteiger partial charge < -0.3 is 0 Å². The second kappa shape index (κ2) is 6.29. The number of anilines is 1. The number of carbonyl (C=O) groups is 1. The molecular formula is C15H13ClN4OS. The van der Waals surface area contributed by atoms with Gasteiger partial charge in [-0.3, -0.25) is 14.8 Å². The third-order valence-electron chi connectivity index (χ3n) is 3.00. The molecule has 112 valence electrons. The molecule has 0 aliphatic rings. The topological polar surface area (TPSA) is 59.8 Å². The second-order valence-corrected chi connectivity index (χ2v) is 6.10. The first-order chi connectivity index (χ1) is 10.6. The Balaban J connectivity index is 1.66. The van der Waals surface area contributed by atoms with E-state index in [1.54, 1.807) is 29.2 Å². The molecule has 0 saturated carbocycles. The van der Waals surface area contributed by atoms with E-state index in [0.717, 1.165) is 11.3 Å². The minimum absolute atomic E-state index is 0.164. The molecule has 3 rings (SSSR count). The molecule has 0 spiro atoms. The summed E-state index contributed by atoms with van der Waals surface area (Å²) in [5.74, 6) is -0.164.